The summed E-state index contributed by atoms with van der Waals surface area (Å²) < 4.78 is 2.27. The van der Waals surface area contributed by atoms with Gasteiger partial charge in [-0.3, -0.25) is 4.98 Å². The van der Waals surface area contributed by atoms with Gasteiger partial charge in [0.05, 0.1) is 28.3 Å². The van der Waals surface area contributed by atoms with Gasteiger partial charge in [0.15, 0.2) is 0 Å². The molecule has 0 spiro atoms. The van der Waals surface area contributed by atoms with Gasteiger partial charge in [-0.15, -0.1) is 0 Å². The maximum atomic E-state index is 4.51. The van der Waals surface area contributed by atoms with E-state index in [0.717, 1.165) is 16.6 Å². The van der Waals surface area contributed by atoms with Crippen molar-refractivity contribution in [3.63, 3.8) is 0 Å². The molecule has 0 unspecified atom stereocenters. The van der Waals surface area contributed by atoms with E-state index >= 15 is 0 Å². The van der Waals surface area contributed by atoms with Gasteiger partial charge in [0, 0.05) is 5.39 Å². The van der Waals surface area contributed by atoms with Crippen LogP contribution in [0.1, 0.15) is 5.56 Å². The summed E-state index contributed by atoms with van der Waals surface area (Å²) in [6.07, 6.45) is 1.94. The number of benzene rings is 2. The fourth-order valence-corrected chi connectivity index (χ4v) is 2.62. The fraction of sp³-hybridized carbons (Fsp3) is 0.0625. The number of hydrogen-bond acceptors (Lipinski definition) is 1. The Kier molecular flexibility index (Phi) is 1.78. The molecule has 2 aromatic heterocycles. The summed E-state index contributed by atoms with van der Waals surface area (Å²) in [5.74, 6) is 0. The predicted molar refractivity (Wildman–Crippen MR) is 74.9 cm³/mol. The lowest BCUT2D eigenvalue weighted by molar-refractivity contribution is 1.27. The summed E-state index contributed by atoms with van der Waals surface area (Å²) in [7, 11) is 0. The number of para-hydroxylation sites is 2. The van der Waals surface area contributed by atoms with Gasteiger partial charge in [-0.05, 0) is 37.3 Å². The molecule has 0 atom stereocenters. The van der Waals surface area contributed by atoms with Gasteiger partial charge in [-0.1, -0.05) is 23.8 Å². The van der Waals surface area contributed by atoms with Gasteiger partial charge >= 0.3 is 0 Å². The standard InChI is InChI=1S/C16H12N2/c1-11-6-7-15-12(8-11)9-13-10-17-14-4-2-3-5-16(14)18(13)15/h2-10H,1H3. The van der Waals surface area contributed by atoms with Crippen LogP contribution in [0.25, 0.3) is 27.5 Å². The fourth-order valence-electron chi connectivity index (χ4n) is 2.62. The van der Waals surface area contributed by atoms with Crippen LogP contribution < -0.4 is 0 Å². The normalized spacial score (nSPS) is 11.6. The van der Waals surface area contributed by atoms with Gasteiger partial charge in [0.25, 0.3) is 0 Å². The van der Waals surface area contributed by atoms with Crippen molar-refractivity contribution >= 4 is 27.5 Å². The summed E-state index contributed by atoms with van der Waals surface area (Å²) in [6.45, 7) is 2.12. The molecule has 2 aromatic carbocycles. The lowest BCUT2D eigenvalue weighted by Crippen LogP contribution is -1.89. The Morgan fingerprint density at radius 1 is 0.944 bits per heavy atom. The second-order valence-corrected chi connectivity index (χ2v) is 4.71. The predicted octanol–water partition coefficient (Wildman–Crippen LogP) is 3.95. The average Bonchev–Trinajstić information content (AvgIpc) is 2.76. The molecule has 0 amide bonds. The van der Waals surface area contributed by atoms with Crippen molar-refractivity contribution in [2.45, 2.75) is 6.92 Å². The monoisotopic (exact) mass is 232 g/mol. The van der Waals surface area contributed by atoms with E-state index in [1.165, 1.54) is 16.5 Å². The summed E-state index contributed by atoms with van der Waals surface area (Å²) >= 11 is 0. The van der Waals surface area contributed by atoms with E-state index in [2.05, 4.69) is 58.8 Å². The summed E-state index contributed by atoms with van der Waals surface area (Å²) in [6, 6.07) is 17.0. The second kappa shape index (κ2) is 3.33. The Labute approximate surface area is 104 Å². The Hall–Kier alpha value is -2.35. The van der Waals surface area contributed by atoms with Crippen LogP contribution in [0.4, 0.5) is 0 Å². The molecule has 2 nitrogen and oxygen atoms in total. The van der Waals surface area contributed by atoms with Gasteiger partial charge in [-0.25, -0.2) is 0 Å². The van der Waals surface area contributed by atoms with Gasteiger partial charge in [-0.2, -0.15) is 0 Å². The average molecular weight is 232 g/mol. The number of rotatable bonds is 0. The first kappa shape index (κ1) is 9.66. The highest BCUT2D eigenvalue weighted by Gasteiger charge is 2.06. The van der Waals surface area contributed by atoms with Crippen molar-refractivity contribution in [1.82, 2.24) is 9.38 Å². The maximum absolute atomic E-state index is 4.51. The summed E-state index contributed by atoms with van der Waals surface area (Å²) in [4.78, 5) is 4.51. The molecule has 0 radical (unpaired) electrons. The molecular formula is C16H12N2. The zero-order valence-electron chi connectivity index (χ0n) is 10.1. The summed E-state index contributed by atoms with van der Waals surface area (Å²) in [5, 5.41) is 1.27. The minimum Gasteiger partial charge on any atom is -0.306 e. The van der Waals surface area contributed by atoms with Crippen LogP contribution in [0.3, 0.4) is 0 Å². The molecule has 4 aromatic rings. The molecule has 0 bridgehead atoms. The first-order valence-electron chi connectivity index (χ1n) is 6.08. The Balaban J connectivity index is 2.33. The van der Waals surface area contributed by atoms with Crippen molar-refractivity contribution < 1.29 is 0 Å². The quantitative estimate of drug-likeness (QED) is 0.448. The minimum atomic E-state index is 1.03. The third-order valence-corrected chi connectivity index (χ3v) is 3.44. The zero-order chi connectivity index (χ0) is 12.1. The lowest BCUT2D eigenvalue weighted by atomic mass is 10.2. The van der Waals surface area contributed by atoms with Crippen LogP contribution in [-0.2, 0) is 0 Å². The highest BCUT2D eigenvalue weighted by molar-refractivity contribution is 5.93. The molecule has 0 aliphatic rings. The highest BCUT2D eigenvalue weighted by Crippen LogP contribution is 2.24. The Morgan fingerprint density at radius 2 is 1.83 bits per heavy atom. The van der Waals surface area contributed by atoms with E-state index in [-0.39, 0.29) is 0 Å². The van der Waals surface area contributed by atoms with Crippen molar-refractivity contribution in [2.75, 3.05) is 0 Å². The molecule has 0 aliphatic carbocycles. The van der Waals surface area contributed by atoms with E-state index in [9.17, 15) is 0 Å². The van der Waals surface area contributed by atoms with E-state index in [1.807, 2.05) is 12.3 Å². The minimum absolute atomic E-state index is 1.03. The molecule has 2 heterocycles. The van der Waals surface area contributed by atoms with Crippen LogP contribution in [0.5, 0.6) is 0 Å². The van der Waals surface area contributed by atoms with E-state index < -0.39 is 0 Å². The van der Waals surface area contributed by atoms with Gasteiger partial charge in [0.1, 0.15) is 0 Å². The van der Waals surface area contributed by atoms with Crippen LogP contribution >= 0.6 is 0 Å². The molecule has 0 aliphatic heterocycles. The number of fused-ring (bicyclic) bond motifs is 5. The molecule has 2 heteroatoms. The molecule has 0 fully saturated rings. The van der Waals surface area contributed by atoms with Crippen LogP contribution in [0.2, 0.25) is 0 Å². The van der Waals surface area contributed by atoms with E-state index in [4.69, 9.17) is 0 Å². The van der Waals surface area contributed by atoms with Crippen molar-refractivity contribution in [1.29, 1.82) is 0 Å². The van der Waals surface area contributed by atoms with Gasteiger partial charge < -0.3 is 4.40 Å². The molecule has 0 N–H and O–H groups in total. The third kappa shape index (κ3) is 1.20. The Morgan fingerprint density at radius 3 is 2.78 bits per heavy atom. The second-order valence-electron chi connectivity index (χ2n) is 4.71. The lowest BCUT2D eigenvalue weighted by Gasteiger charge is -2.03. The molecule has 0 saturated heterocycles. The van der Waals surface area contributed by atoms with Crippen LogP contribution in [0, 0.1) is 6.92 Å². The molecule has 86 valence electrons. The van der Waals surface area contributed by atoms with Crippen molar-refractivity contribution in [3.8, 4) is 0 Å². The first-order chi connectivity index (χ1) is 8.83. The Bertz CT molecular complexity index is 887. The number of aryl methyl sites for hydroxylation is 1. The van der Waals surface area contributed by atoms with Crippen LogP contribution in [-0.4, -0.2) is 9.38 Å². The smallest absolute Gasteiger partial charge is 0.0871 e. The zero-order valence-corrected chi connectivity index (χ0v) is 10.1. The van der Waals surface area contributed by atoms with E-state index in [1.54, 1.807) is 0 Å². The number of hydrogen-bond donors (Lipinski definition) is 0. The van der Waals surface area contributed by atoms with E-state index in [0.29, 0.717) is 0 Å². The molecular weight excluding hydrogens is 220 g/mol. The summed E-state index contributed by atoms with van der Waals surface area (Å²) in [5.41, 5.74) is 5.87. The molecule has 18 heavy (non-hydrogen) atoms. The number of aromatic nitrogens is 2. The maximum Gasteiger partial charge on any atom is 0.0871 e. The van der Waals surface area contributed by atoms with Gasteiger partial charge in [0.2, 0.25) is 0 Å². The topological polar surface area (TPSA) is 17.3 Å². The third-order valence-electron chi connectivity index (χ3n) is 3.44. The van der Waals surface area contributed by atoms with Crippen LogP contribution in [0.15, 0.2) is 54.7 Å². The largest absolute Gasteiger partial charge is 0.306 e. The molecule has 4 rings (SSSR count). The number of nitrogens with zero attached hydrogens (tertiary/aromatic N) is 2. The SMILES string of the molecule is Cc1ccc2c(c1)cc1cnc3ccccc3n12. The van der Waals surface area contributed by atoms with Crippen molar-refractivity contribution in [3.05, 3.63) is 60.3 Å². The van der Waals surface area contributed by atoms with Crippen molar-refractivity contribution in [2.24, 2.45) is 0 Å². The first-order valence-corrected chi connectivity index (χ1v) is 6.08. The molecule has 0 saturated carbocycles. The highest BCUT2D eigenvalue weighted by atomic mass is 14.9.